The van der Waals surface area contributed by atoms with Gasteiger partial charge in [0.15, 0.2) is 0 Å². The second kappa shape index (κ2) is 4.11. The van der Waals surface area contributed by atoms with Gasteiger partial charge in [0.25, 0.3) is 5.56 Å². The zero-order valence-corrected chi connectivity index (χ0v) is 10.00. The molecule has 0 saturated carbocycles. The van der Waals surface area contributed by atoms with Gasteiger partial charge in [-0.2, -0.15) is 0 Å². The van der Waals surface area contributed by atoms with E-state index in [0.717, 1.165) is 16.5 Å². The van der Waals surface area contributed by atoms with Crippen molar-refractivity contribution in [2.75, 3.05) is 0 Å². The predicted octanol–water partition coefficient (Wildman–Crippen LogP) is 2.69. The number of nitrogens with zero attached hydrogens (tertiary/aromatic N) is 2. The van der Waals surface area contributed by atoms with E-state index in [1.807, 2.05) is 42.5 Å². The number of hydrogen-bond donors (Lipinski definition) is 0. The monoisotopic (exact) mass is 236 g/mol. The number of fused-ring (bicyclic) bond motifs is 1. The molecule has 0 saturated heterocycles. The maximum Gasteiger partial charge on any atom is 0.276 e. The van der Waals surface area contributed by atoms with Crippen LogP contribution in [-0.2, 0) is 0 Å². The van der Waals surface area contributed by atoms with Crippen LogP contribution in [0.15, 0.2) is 59.7 Å². The van der Waals surface area contributed by atoms with Gasteiger partial charge in [0.1, 0.15) is 5.69 Å². The highest BCUT2D eigenvalue weighted by molar-refractivity contribution is 5.90. The van der Waals surface area contributed by atoms with E-state index >= 15 is 0 Å². The summed E-state index contributed by atoms with van der Waals surface area (Å²) in [6.45, 7) is 1.73. The molecule has 0 fully saturated rings. The van der Waals surface area contributed by atoms with Crippen LogP contribution >= 0.6 is 0 Å². The van der Waals surface area contributed by atoms with Crippen LogP contribution in [0, 0.1) is 6.92 Å². The van der Waals surface area contributed by atoms with Gasteiger partial charge < -0.3 is 0 Å². The first kappa shape index (κ1) is 10.7. The molecule has 0 aliphatic rings. The van der Waals surface area contributed by atoms with Gasteiger partial charge >= 0.3 is 0 Å². The number of hydrogen-bond acceptors (Lipinski definition) is 2. The molecule has 0 aliphatic heterocycles. The quantitative estimate of drug-likeness (QED) is 0.651. The SMILES string of the molecule is Cc1nccn(-c2cccc3ccccc23)c1=O. The average Bonchev–Trinajstić information content (AvgIpc) is 2.41. The molecule has 0 N–H and O–H groups in total. The lowest BCUT2D eigenvalue weighted by Crippen LogP contribution is -2.21. The van der Waals surface area contributed by atoms with E-state index < -0.39 is 0 Å². The molecule has 88 valence electrons. The number of aromatic nitrogens is 2. The molecule has 3 nitrogen and oxygen atoms in total. The van der Waals surface area contributed by atoms with Gasteiger partial charge in [-0.3, -0.25) is 14.3 Å². The van der Waals surface area contributed by atoms with Gasteiger partial charge in [-0.15, -0.1) is 0 Å². The summed E-state index contributed by atoms with van der Waals surface area (Å²) in [5.74, 6) is 0. The fourth-order valence-corrected chi connectivity index (χ4v) is 2.12. The highest BCUT2D eigenvalue weighted by atomic mass is 16.1. The first-order valence-electron chi connectivity index (χ1n) is 5.80. The van der Waals surface area contributed by atoms with Crippen LogP contribution in [0.4, 0.5) is 0 Å². The lowest BCUT2D eigenvalue weighted by molar-refractivity contribution is 0.930. The van der Waals surface area contributed by atoms with Crippen molar-refractivity contribution in [3.8, 4) is 5.69 Å². The molecule has 3 heteroatoms. The molecule has 0 atom stereocenters. The Labute approximate surface area is 104 Å². The topological polar surface area (TPSA) is 34.9 Å². The highest BCUT2D eigenvalue weighted by Crippen LogP contribution is 2.20. The van der Waals surface area contributed by atoms with Gasteiger partial charge in [-0.1, -0.05) is 36.4 Å². The Morgan fingerprint density at radius 2 is 1.83 bits per heavy atom. The Hall–Kier alpha value is -2.42. The summed E-state index contributed by atoms with van der Waals surface area (Å²) in [5.41, 5.74) is 1.32. The van der Waals surface area contributed by atoms with Crippen molar-refractivity contribution in [2.45, 2.75) is 6.92 Å². The van der Waals surface area contributed by atoms with E-state index in [1.54, 1.807) is 23.9 Å². The maximum absolute atomic E-state index is 12.1. The normalized spacial score (nSPS) is 10.7. The first-order chi connectivity index (χ1) is 8.77. The molecule has 0 spiro atoms. The minimum Gasteiger partial charge on any atom is -0.281 e. The van der Waals surface area contributed by atoms with Crippen molar-refractivity contribution in [1.29, 1.82) is 0 Å². The molecule has 0 unspecified atom stereocenters. The fraction of sp³-hybridized carbons (Fsp3) is 0.0667. The van der Waals surface area contributed by atoms with Crippen LogP contribution in [0.25, 0.3) is 16.5 Å². The lowest BCUT2D eigenvalue weighted by atomic mass is 10.1. The molecule has 1 heterocycles. The number of aryl methyl sites for hydroxylation is 1. The van der Waals surface area contributed by atoms with E-state index in [0.29, 0.717) is 5.69 Å². The van der Waals surface area contributed by atoms with Gasteiger partial charge in [-0.05, 0) is 18.4 Å². The first-order valence-corrected chi connectivity index (χ1v) is 5.80. The molecule has 2 aromatic carbocycles. The van der Waals surface area contributed by atoms with Gasteiger partial charge in [0.2, 0.25) is 0 Å². The standard InChI is InChI=1S/C15H12N2O/c1-11-15(18)17(10-9-16-11)14-8-4-6-12-5-2-3-7-13(12)14/h2-10H,1H3. The Kier molecular flexibility index (Phi) is 2.45. The molecule has 0 amide bonds. The number of benzene rings is 2. The van der Waals surface area contributed by atoms with Crippen LogP contribution in [0.5, 0.6) is 0 Å². The molecule has 18 heavy (non-hydrogen) atoms. The summed E-state index contributed by atoms with van der Waals surface area (Å²) in [4.78, 5) is 16.1. The zero-order valence-electron chi connectivity index (χ0n) is 10.00. The molecular weight excluding hydrogens is 224 g/mol. The molecule has 0 bridgehead atoms. The van der Waals surface area contributed by atoms with Gasteiger partial charge in [-0.25, -0.2) is 0 Å². The zero-order chi connectivity index (χ0) is 12.5. The molecule has 1 aromatic heterocycles. The Balaban J connectivity index is 2.39. The van der Waals surface area contributed by atoms with Crippen molar-refractivity contribution in [1.82, 2.24) is 9.55 Å². The summed E-state index contributed by atoms with van der Waals surface area (Å²) in [6, 6.07) is 14.0. The van der Waals surface area contributed by atoms with Crippen LogP contribution in [0.3, 0.4) is 0 Å². The van der Waals surface area contributed by atoms with Gasteiger partial charge in [0.05, 0.1) is 5.69 Å². The van der Waals surface area contributed by atoms with E-state index in [9.17, 15) is 4.79 Å². The second-order valence-electron chi connectivity index (χ2n) is 4.19. The molecule has 3 rings (SSSR count). The Morgan fingerprint density at radius 1 is 1.06 bits per heavy atom. The van der Waals surface area contributed by atoms with Crippen molar-refractivity contribution in [3.63, 3.8) is 0 Å². The number of rotatable bonds is 1. The molecule has 0 radical (unpaired) electrons. The summed E-state index contributed by atoms with van der Waals surface area (Å²) in [6.07, 6.45) is 3.36. The summed E-state index contributed by atoms with van der Waals surface area (Å²) in [5, 5.41) is 2.18. The minimum absolute atomic E-state index is 0.0751. The second-order valence-corrected chi connectivity index (χ2v) is 4.19. The molecule has 3 aromatic rings. The highest BCUT2D eigenvalue weighted by Gasteiger charge is 2.05. The largest absolute Gasteiger partial charge is 0.281 e. The smallest absolute Gasteiger partial charge is 0.276 e. The van der Waals surface area contributed by atoms with Crippen LogP contribution in [-0.4, -0.2) is 9.55 Å². The summed E-state index contributed by atoms with van der Waals surface area (Å²) < 4.78 is 1.64. The summed E-state index contributed by atoms with van der Waals surface area (Å²) >= 11 is 0. The van der Waals surface area contributed by atoms with Crippen molar-refractivity contribution < 1.29 is 0 Å². The predicted molar refractivity (Wildman–Crippen MR) is 72.1 cm³/mol. The summed E-state index contributed by atoms with van der Waals surface area (Å²) in [7, 11) is 0. The third-order valence-corrected chi connectivity index (χ3v) is 3.04. The Morgan fingerprint density at radius 3 is 2.72 bits per heavy atom. The van der Waals surface area contributed by atoms with Crippen molar-refractivity contribution in [2.24, 2.45) is 0 Å². The van der Waals surface area contributed by atoms with Gasteiger partial charge in [0, 0.05) is 17.8 Å². The van der Waals surface area contributed by atoms with Crippen molar-refractivity contribution in [3.05, 3.63) is 70.9 Å². The van der Waals surface area contributed by atoms with Crippen LogP contribution < -0.4 is 5.56 Å². The van der Waals surface area contributed by atoms with E-state index in [4.69, 9.17) is 0 Å². The molecular formula is C15H12N2O. The van der Waals surface area contributed by atoms with Crippen LogP contribution in [0.2, 0.25) is 0 Å². The third kappa shape index (κ3) is 1.61. The van der Waals surface area contributed by atoms with E-state index in [2.05, 4.69) is 4.98 Å². The molecule has 0 aliphatic carbocycles. The Bertz CT molecular complexity index is 769. The van der Waals surface area contributed by atoms with E-state index in [1.165, 1.54) is 0 Å². The lowest BCUT2D eigenvalue weighted by Gasteiger charge is -2.09. The average molecular weight is 236 g/mol. The third-order valence-electron chi connectivity index (χ3n) is 3.04. The van der Waals surface area contributed by atoms with E-state index in [-0.39, 0.29) is 5.56 Å². The fourth-order valence-electron chi connectivity index (χ4n) is 2.12. The van der Waals surface area contributed by atoms with Crippen molar-refractivity contribution >= 4 is 10.8 Å². The maximum atomic E-state index is 12.1. The van der Waals surface area contributed by atoms with Crippen LogP contribution in [0.1, 0.15) is 5.69 Å². The minimum atomic E-state index is -0.0751.